The average molecular weight is 276 g/mol. The molecule has 1 aromatic rings. The van der Waals surface area contributed by atoms with Gasteiger partial charge in [-0.05, 0) is 12.5 Å². The van der Waals surface area contributed by atoms with E-state index in [-0.39, 0.29) is 10.3 Å². The summed E-state index contributed by atoms with van der Waals surface area (Å²) in [7, 11) is -3.45. The van der Waals surface area contributed by atoms with Crippen molar-refractivity contribution in [2.75, 3.05) is 5.75 Å². The maximum Gasteiger partial charge on any atom is 0.256 e. The van der Waals surface area contributed by atoms with Gasteiger partial charge in [0.1, 0.15) is 0 Å². The molecule has 0 saturated carbocycles. The Bertz CT molecular complexity index is 527. The van der Waals surface area contributed by atoms with Crippen molar-refractivity contribution in [3.63, 3.8) is 0 Å². The molecular weight excluding hydrogens is 266 g/mol. The van der Waals surface area contributed by atoms with Crippen LogP contribution in [0.4, 0.5) is 0 Å². The molecule has 1 unspecified atom stereocenters. The Labute approximate surface area is 104 Å². The molecule has 0 aromatic heterocycles. The molecule has 6 heteroatoms. The van der Waals surface area contributed by atoms with Crippen molar-refractivity contribution in [2.24, 2.45) is 4.40 Å². The Balaban J connectivity index is 2.46. The molecule has 1 heterocycles. The lowest BCUT2D eigenvalue weighted by Crippen LogP contribution is -2.31. The molecule has 0 aliphatic carbocycles. The molecule has 0 fully saturated rings. The smallest absolute Gasteiger partial charge is 0.205 e. The predicted octanol–water partition coefficient (Wildman–Crippen LogP) is 2.57. The third-order valence-electron chi connectivity index (χ3n) is 2.36. The second-order valence-electron chi connectivity index (χ2n) is 3.77. The summed E-state index contributed by atoms with van der Waals surface area (Å²) in [5, 5.41) is 0. The minimum Gasteiger partial charge on any atom is -0.205 e. The maximum absolute atomic E-state index is 11.6. The zero-order valence-corrected chi connectivity index (χ0v) is 10.9. The van der Waals surface area contributed by atoms with Crippen LogP contribution in [-0.4, -0.2) is 18.7 Å². The summed E-state index contributed by atoms with van der Waals surface area (Å²) < 4.78 is 26.1. The van der Waals surface area contributed by atoms with E-state index in [1.54, 1.807) is 0 Å². The molecule has 0 saturated heterocycles. The Morgan fingerprint density at radius 2 is 2.00 bits per heavy atom. The van der Waals surface area contributed by atoms with Gasteiger partial charge in [-0.1, -0.05) is 53.7 Å². The predicted molar refractivity (Wildman–Crippen MR) is 68.5 cm³/mol. The van der Waals surface area contributed by atoms with E-state index in [1.165, 1.54) is 11.8 Å². The first kappa shape index (κ1) is 12.0. The van der Waals surface area contributed by atoms with Gasteiger partial charge in [0.15, 0.2) is 4.50 Å². The van der Waals surface area contributed by atoms with Crippen LogP contribution in [0.2, 0.25) is 0 Å². The second-order valence-corrected chi connectivity index (χ2v) is 7.48. The molecule has 0 amide bonds. The van der Waals surface area contributed by atoms with E-state index >= 15 is 0 Å². The molecular formula is C10H10ClNO2S2. The normalized spacial score (nSPS) is 28.5. The van der Waals surface area contributed by atoms with Crippen LogP contribution in [0.1, 0.15) is 12.5 Å². The average Bonchev–Trinajstić information content (AvgIpc) is 2.15. The van der Waals surface area contributed by atoms with E-state index in [0.29, 0.717) is 0 Å². The summed E-state index contributed by atoms with van der Waals surface area (Å²) >= 11 is 7.05. The number of nitrogens with zero attached hydrogens (tertiary/aromatic N) is 1. The molecule has 0 N–H and O–H groups in total. The van der Waals surface area contributed by atoms with Crippen molar-refractivity contribution < 1.29 is 8.42 Å². The van der Waals surface area contributed by atoms with Crippen LogP contribution < -0.4 is 0 Å². The topological polar surface area (TPSA) is 46.5 Å². The summed E-state index contributed by atoms with van der Waals surface area (Å²) in [4.78, 5) is 0. The van der Waals surface area contributed by atoms with Gasteiger partial charge in [0, 0.05) is 0 Å². The molecule has 0 radical (unpaired) electrons. The van der Waals surface area contributed by atoms with Crippen LogP contribution in [0.25, 0.3) is 0 Å². The molecule has 0 spiro atoms. The third kappa shape index (κ3) is 2.42. The summed E-state index contributed by atoms with van der Waals surface area (Å²) in [5.74, 6) is -0.0229. The van der Waals surface area contributed by atoms with Crippen molar-refractivity contribution in [1.82, 2.24) is 0 Å². The van der Waals surface area contributed by atoms with Gasteiger partial charge in [-0.25, -0.2) is 8.42 Å². The molecule has 16 heavy (non-hydrogen) atoms. The van der Waals surface area contributed by atoms with Gasteiger partial charge in [-0.2, -0.15) is 0 Å². The largest absolute Gasteiger partial charge is 0.256 e. The molecule has 1 aromatic carbocycles. The highest BCUT2D eigenvalue weighted by molar-refractivity contribution is 8.19. The van der Waals surface area contributed by atoms with E-state index in [1.807, 2.05) is 37.3 Å². The van der Waals surface area contributed by atoms with Gasteiger partial charge in [0.2, 0.25) is 0 Å². The lowest BCUT2D eigenvalue weighted by molar-refractivity contribution is 0.587. The lowest BCUT2D eigenvalue weighted by atomic mass is 10.0. The van der Waals surface area contributed by atoms with Crippen molar-refractivity contribution in [3.05, 3.63) is 35.9 Å². The summed E-state index contributed by atoms with van der Waals surface area (Å²) in [5.41, 5.74) is 0.941. The van der Waals surface area contributed by atoms with Gasteiger partial charge in [-0.15, -0.1) is 4.40 Å². The number of thioether (sulfide) groups is 1. The standard InChI is InChI=1S/C10H10ClNO2S2/c1-10(8-5-3-2-4-6-8)7-16(13,14)12-9(11)15-10/h2-6H,7H2,1H3. The van der Waals surface area contributed by atoms with Crippen LogP contribution in [-0.2, 0) is 14.8 Å². The first-order valence-corrected chi connectivity index (χ1v) is 7.44. The molecule has 0 bridgehead atoms. The number of sulfonamides is 1. The Hall–Kier alpha value is -0.520. The van der Waals surface area contributed by atoms with Crippen LogP contribution in [0.15, 0.2) is 34.7 Å². The highest BCUT2D eigenvalue weighted by Gasteiger charge is 2.38. The SMILES string of the molecule is CC1(c2ccccc2)CS(=O)(=O)N=C(Cl)S1. The first-order valence-electron chi connectivity index (χ1n) is 4.64. The number of halogens is 1. The van der Waals surface area contributed by atoms with E-state index < -0.39 is 14.8 Å². The van der Waals surface area contributed by atoms with Crippen molar-refractivity contribution in [3.8, 4) is 0 Å². The zero-order valence-electron chi connectivity index (χ0n) is 8.55. The van der Waals surface area contributed by atoms with Gasteiger partial charge >= 0.3 is 0 Å². The molecule has 86 valence electrons. The number of benzene rings is 1. The van der Waals surface area contributed by atoms with Crippen LogP contribution in [0, 0.1) is 0 Å². The van der Waals surface area contributed by atoms with Gasteiger partial charge in [0.25, 0.3) is 10.0 Å². The third-order valence-corrected chi connectivity index (χ3v) is 5.57. The second kappa shape index (κ2) is 4.05. The van der Waals surface area contributed by atoms with Crippen molar-refractivity contribution >= 4 is 37.9 Å². The van der Waals surface area contributed by atoms with Crippen molar-refractivity contribution in [2.45, 2.75) is 11.7 Å². The summed E-state index contributed by atoms with van der Waals surface area (Å²) in [6.45, 7) is 1.86. The highest BCUT2D eigenvalue weighted by atomic mass is 35.5. The lowest BCUT2D eigenvalue weighted by Gasteiger charge is -2.30. The summed E-state index contributed by atoms with van der Waals surface area (Å²) in [6, 6.07) is 9.46. The van der Waals surface area contributed by atoms with E-state index in [4.69, 9.17) is 11.6 Å². The minimum atomic E-state index is -3.45. The molecule has 2 rings (SSSR count). The van der Waals surface area contributed by atoms with Crippen molar-refractivity contribution in [1.29, 1.82) is 0 Å². The maximum atomic E-state index is 11.6. The number of hydrogen-bond donors (Lipinski definition) is 0. The molecule has 1 aliphatic heterocycles. The van der Waals surface area contributed by atoms with Crippen LogP contribution in [0.3, 0.4) is 0 Å². The number of rotatable bonds is 1. The fourth-order valence-electron chi connectivity index (χ4n) is 1.66. The van der Waals surface area contributed by atoms with E-state index in [9.17, 15) is 8.42 Å². The zero-order chi connectivity index (χ0) is 11.8. The first-order chi connectivity index (χ1) is 7.41. The molecule has 1 aliphatic rings. The summed E-state index contributed by atoms with van der Waals surface area (Å²) in [6.07, 6.45) is 0. The Kier molecular flexibility index (Phi) is 3.03. The number of hydrogen-bond acceptors (Lipinski definition) is 3. The van der Waals surface area contributed by atoms with Crippen LogP contribution in [0.5, 0.6) is 0 Å². The fraction of sp³-hybridized carbons (Fsp3) is 0.300. The van der Waals surface area contributed by atoms with Gasteiger partial charge in [0.05, 0.1) is 10.5 Å². The molecule has 3 nitrogen and oxygen atoms in total. The minimum absolute atomic E-state index is 0.0229. The Morgan fingerprint density at radius 1 is 1.38 bits per heavy atom. The van der Waals surface area contributed by atoms with E-state index in [0.717, 1.165) is 5.56 Å². The molecule has 1 atom stereocenters. The quantitative estimate of drug-likeness (QED) is 0.791. The fourth-order valence-corrected chi connectivity index (χ4v) is 5.43. The van der Waals surface area contributed by atoms with E-state index in [2.05, 4.69) is 4.40 Å². The Morgan fingerprint density at radius 3 is 2.56 bits per heavy atom. The van der Waals surface area contributed by atoms with Crippen LogP contribution >= 0.6 is 23.4 Å². The van der Waals surface area contributed by atoms with Gasteiger partial charge in [-0.3, -0.25) is 0 Å². The van der Waals surface area contributed by atoms with Gasteiger partial charge < -0.3 is 0 Å². The monoisotopic (exact) mass is 275 g/mol. The highest BCUT2D eigenvalue weighted by Crippen LogP contribution is 2.42.